The van der Waals surface area contributed by atoms with Crippen LogP contribution in [0.5, 0.6) is 5.75 Å². The highest BCUT2D eigenvalue weighted by molar-refractivity contribution is 6.01. The number of aromatic nitrogens is 2. The molecule has 0 saturated carbocycles. The Kier molecular flexibility index (Phi) is 5.96. The molecule has 1 amide bonds. The molecule has 0 radical (unpaired) electrons. The average Bonchev–Trinajstić information content (AvgIpc) is 3.25. The number of H-pyrrole nitrogens is 1. The van der Waals surface area contributed by atoms with E-state index in [4.69, 9.17) is 4.74 Å². The van der Waals surface area contributed by atoms with Gasteiger partial charge in [-0.25, -0.2) is 9.78 Å². The Balaban J connectivity index is 1.25. The van der Waals surface area contributed by atoms with Crippen molar-refractivity contribution in [3.05, 3.63) is 58.4 Å². The molecular formula is C26H24F3N3O5. The largest absolute Gasteiger partial charge is 0.490 e. The molecule has 8 nitrogen and oxygen atoms in total. The van der Waals surface area contributed by atoms with Gasteiger partial charge in [-0.1, -0.05) is 0 Å². The van der Waals surface area contributed by atoms with E-state index in [1.165, 1.54) is 0 Å². The second kappa shape index (κ2) is 8.89. The topological polar surface area (TPSA) is 102 Å². The van der Waals surface area contributed by atoms with Crippen LogP contribution in [0.15, 0.2) is 30.3 Å². The Morgan fingerprint density at radius 3 is 2.54 bits per heavy atom. The molecule has 0 bridgehead atoms. The van der Waals surface area contributed by atoms with Gasteiger partial charge in [-0.2, -0.15) is 13.2 Å². The van der Waals surface area contributed by atoms with Crippen LogP contribution < -0.4 is 4.74 Å². The summed E-state index contributed by atoms with van der Waals surface area (Å²) < 4.78 is 47.6. The van der Waals surface area contributed by atoms with Crippen molar-refractivity contribution in [1.29, 1.82) is 0 Å². The van der Waals surface area contributed by atoms with Gasteiger partial charge in [0.1, 0.15) is 23.8 Å². The zero-order valence-corrected chi connectivity index (χ0v) is 20.2. The van der Waals surface area contributed by atoms with Crippen molar-refractivity contribution in [3.8, 4) is 5.75 Å². The fourth-order valence-electron chi connectivity index (χ4n) is 4.81. The summed E-state index contributed by atoms with van der Waals surface area (Å²) in [5.74, 6) is -1.84. The van der Waals surface area contributed by atoms with E-state index in [0.717, 1.165) is 11.1 Å². The quantitative estimate of drug-likeness (QED) is 0.518. The number of ketones is 1. The molecule has 0 unspecified atom stereocenters. The number of ether oxygens (including phenoxy) is 2. The summed E-state index contributed by atoms with van der Waals surface area (Å²) in [4.78, 5) is 45.6. The number of carbonyl (C=O) groups excluding carboxylic acids is 3. The molecule has 1 fully saturated rings. The van der Waals surface area contributed by atoms with Gasteiger partial charge in [-0.05, 0) is 55.3 Å². The maximum Gasteiger partial charge on any atom is 0.490 e. The Morgan fingerprint density at radius 1 is 1.14 bits per heavy atom. The van der Waals surface area contributed by atoms with Crippen LogP contribution in [0.1, 0.15) is 56.9 Å². The molecule has 1 N–H and O–H groups in total. The maximum absolute atomic E-state index is 13.2. The normalized spacial score (nSPS) is 17.0. The number of benzene rings is 2. The number of Topliss-reactive ketones (excluding diaryl/α,β-unsaturated/α-hetero) is 1. The highest BCUT2D eigenvalue weighted by Gasteiger charge is 2.44. The monoisotopic (exact) mass is 515 g/mol. The molecule has 11 heteroatoms. The number of aromatic amines is 1. The first-order chi connectivity index (χ1) is 17.4. The number of piperidine rings is 1. The minimum atomic E-state index is -5.09. The van der Waals surface area contributed by atoms with E-state index in [9.17, 15) is 27.6 Å². The fourth-order valence-corrected chi connectivity index (χ4v) is 4.81. The Morgan fingerprint density at radius 2 is 1.84 bits per heavy atom. The van der Waals surface area contributed by atoms with Crippen molar-refractivity contribution in [3.63, 3.8) is 0 Å². The number of halogens is 3. The van der Waals surface area contributed by atoms with E-state index >= 15 is 0 Å². The van der Waals surface area contributed by atoms with Gasteiger partial charge in [0, 0.05) is 31.5 Å². The van der Waals surface area contributed by atoms with Crippen LogP contribution in [0.2, 0.25) is 0 Å². The number of hydrogen-bond donors (Lipinski definition) is 1. The predicted molar refractivity (Wildman–Crippen MR) is 125 cm³/mol. The van der Waals surface area contributed by atoms with Gasteiger partial charge in [-0.3, -0.25) is 9.59 Å². The molecule has 3 heterocycles. The predicted octanol–water partition coefficient (Wildman–Crippen LogP) is 4.43. The van der Waals surface area contributed by atoms with E-state index in [-0.39, 0.29) is 23.9 Å². The number of alkyl halides is 3. The molecule has 194 valence electrons. The molecule has 2 aliphatic heterocycles. The van der Waals surface area contributed by atoms with Crippen LogP contribution in [-0.4, -0.2) is 57.4 Å². The number of rotatable bonds is 3. The molecule has 37 heavy (non-hydrogen) atoms. The molecule has 5 rings (SSSR count). The zero-order valence-electron chi connectivity index (χ0n) is 20.2. The molecule has 1 saturated heterocycles. The van der Waals surface area contributed by atoms with Crippen molar-refractivity contribution < 1.29 is 37.0 Å². The summed E-state index contributed by atoms with van der Waals surface area (Å²) >= 11 is 0. The highest BCUT2D eigenvalue weighted by atomic mass is 19.4. The number of aryl methyl sites for hydroxylation is 2. The lowest BCUT2D eigenvalue weighted by Gasteiger charge is -2.44. The van der Waals surface area contributed by atoms with Gasteiger partial charge in [0.2, 0.25) is 0 Å². The number of carbonyl (C=O) groups is 3. The van der Waals surface area contributed by atoms with Crippen molar-refractivity contribution in [2.75, 3.05) is 13.1 Å². The van der Waals surface area contributed by atoms with Gasteiger partial charge in [-0.15, -0.1) is 0 Å². The second-order valence-electron chi connectivity index (χ2n) is 9.60. The molecular weight excluding hydrogens is 491 g/mol. The molecule has 1 aromatic heterocycles. The van der Waals surface area contributed by atoms with E-state index in [0.29, 0.717) is 53.8 Å². The van der Waals surface area contributed by atoms with Gasteiger partial charge in [0.25, 0.3) is 5.91 Å². The summed E-state index contributed by atoms with van der Waals surface area (Å²) in [6.45, 7) is 4.07. The smallest absolute Gasteiger partial charge is 0.486 e. The SMILES string of the molecule is Cc1cc2c(cc1C)C(=O)CC1(CCN(C(=O)c3ccc4nc(COC(=O)C(F)(F)F)[nH]c4c3)CC1)O2. The van der Waals surface area contributed by atoms with Crippen molar-refractivity contribution >= 4 is 28.7 Å². The van der Waals surface area contributed by atoms with Crippen LogP contribution >= 0.6 is 0 Å². The third kappa shape index (κ3) is 4.77. The van der Waals surface area contributed by atoms with Crippen LogP contribution in [0.25, 0.3) is 11.0 Å². The fraction of sp³-hybridized carbons (Fsp3) is 0.385. The van der Waals surface area contributed by atoms with Gasteiger partial charge < -0.3 is 19.4 Å². The van der Waals surface area contributed by atoms with Gasteiger partial charge in [0.05, 0.1) is 23.0 Å². The lowest BCUT2D eigenvalue weighted by Crippen LogP contribution is -2.52. The number of fused-ring (bicyclic) bond motifs is 2. The molecule has 3 aromatic rings. The summed E-state index contributed by atoms with van der Waals surface area (Å²) in [6.07, 6.45) is -3.79. The van der Waals surface area contributed by atoms with E-state index in [1.54, 1.807) is 23.1 Å². The molecule has 2 aromatic carbocycles. The summed E-state index contributed by atoms with van der Waals surface area (Å²) in [5.41, 5.74) is 3.28. The first kappa shape index (κ1) is 24.8. The number of hydrogen-bond acceptors (Lipinski definition) is 6. The van der Waals surface area contributed by atoms with Crippen molar-refractivity contribution in [2.45, 2.75) is 51.5 Å². The molecule has 1 spiro atoms. The van der Waals surface area contributed by atoms with Gasteiger partial charge >= 0.3 is 12.1 Å². The average molecular weight is 515 g/mol. The molecule has 0 aliphatic carbocycles. The van der Waals surface area contributed by atoms with Crippen molar-refractivity contribution in [1.82, 2.24) is 14.9 Å². The number of nitrogens with zero attached hydrogens (tertiary/aromatic N) is 2. The number of nitrogens with one attached hydrogen (secondary N) is 1. The minimum absolute atomic E-state index is 0.0296. The Hall–Kier alpha value is -3.89. The maximum atomic E-state index is 13.2. The lowest BCUT2D eigenvalue weighted by atomic mass is 9.81. The summed E-state index contributed by atoms with van der Waals surface area (Å²) in [7, 11) is 0. The van der Waals surface area contributed by atoms with Gasteiger partial charge in [0.15, 0.2) is 5.78 Å². The third-order valence-corrected chi connectivity index (χ3v) is 7.02. The summed E-state index contributed by atoms with van der Waals surface area (Å²) in [5, 5.41) is 0. The molecule has 2 aliphatic rings. The lowest BCUT2D eigenvalue weighted by molar-refractivity contribution is -0.201. The van der Waals surface area contributed by atoms with E-state index in [1.807, 2.05) is 26.0 Å². The van der Waals surface area contributed by atoms with E-state index < -0.39 is 24.4 Å². The van der Waals surface area contributed by atoms with Crippen molar-refractivity contribution in [2.24, 2.45) is 0 Å². The number of imidazole rings is 1. The standard InChI is InChI=1S/C26H24F3N3O5/c1-14-9-17-20(33)12-25(37-21(17)10-15(14)2)5-7-32(8-6-25)23(34)16-3-4-18-19(11-16)31-22(30-18)13-36-24(35)26(27,28)29/h3-4,9-11H,5-8,12-13H2,1-2H3,(H,30,31). The molecule has 0 atom stereocenters. The first-order valence-corrected chi connectivity index (χ1v) is 11.8. The Bertz CT molecular complexity index is 1420. The highest BCUT2D eigenvalue weighted by Crippen LogP contribution is 2.40. The second-order valence-corrected chi connectivity index (χ2v) is 9.60. The Labute approximate surface area is 209 Å². The van der Waals surface area contributed by atoms with Crippen LogP contribution in [0.3, 0.4) is 0 Å². The van der Waals surface area contributed by atoms with Crippen LogP contribution in [0.4, 0.5) is 13.2 Å². The zero-order chi connectivity index (χ0) is 26.5. The number of esters is 1. The third-order valence-electron chi connectivity index (χ3n) is 7.02. The van der Waals surface area contributed by atoms with Crippen LogP contribution in [0, 0.1) is 13.8 Å². The summed E-state index contributed by atoms with van der Waals surface area (Å²) in [6, 6.07) is 8.49. The number of amides is 1. The van der Waals surface area contributed by atoms with Crippen LogP contribution in [-0.2, 0) is 16.1 Å². The van der Waals surface area contributed by atoms with E-state index in [2.05, 4.69) is 14.7 Å². The first-order valence-electron chi connectivity index (χ1n) is 11.8. The minimum Gasteiger partial charge on any atom is -0.486 e. The number of likely N-dealkylation sites (tertiary alicyclic amines) is 1.